The topological polar surface area (TPSA) is 0 Å². The quantitative estimate of drug-likeness (QED) is 0.0709. The van der Waals surface area contributed by atoms with Gasteiger partial charge in [0.05, 0.1) is 0 Å². The summed E-state index contributed by atoms with van der Waals surface area (Å²) in [6, 6.07) is 116. The van der Waals surface area contributed by atoms with Crippen LogP contribution in [0.15, 0.2) is 420 Å². The molecule has 0 radical (unpaired) electrons. The largest absolute Gasteiger partial charge is 0.0985 e. The molecule has 0 bridgehead atoms. The van der Waals surface area contributed by atoms with Gasteiger partial charge in [0, 0.05) is 0 Å². The molecule has 0 atom stereocenters. The predicted octanol–water partition coefficient (Wildman–Crippen LogP) is 35.8. The summed E-state index contributed by atoms with van der Waals surface area (Å²) in [4.78, 5) is 0. The molecule has 20 aromatic carbocycles. The van der Waals surface area contributed by atoms with E-state index >= 15 is 0 Å². The summed E-state index contributed by atoms with van der Waals surface area (Å²) in [6.07, 6.45) is 26.3. The fourth-order valence-electron chi connectivity index (χ4n) is 15.5. The standard InChI is InChI=1S/C22H16.C20H14.2C18H14.C16H14.2C14H12/c1-3-15-5-7-17-11-22-14-20-10-16(4-2)6-8-18(20)12-21(22)13-19(17)9-15;1-3-13-9-15-5-7-17-11-14(4-2)12-18-8-6-16(10-13)19(15)20(17)18;1-3-13-5-9-17-15(11-13)7-8-16-12-14(4-2)6-10-18(16)17;1-3-13-5-7-15-12-18-10-14(4-2)6-8-16(18)11-17(15)9-13;1-3-13-5-9-15(10-6-13)16-11-7-14(4-2)8-12-16;1-3-11-5-7-14-10-12(4-2)6-8-13(14)9-11;1-3-11-5-7-13-8-6-12(4-2)10-14(13)9-11/h3-14H,1-2H2;3-12H,1-2H2;2*3-12H,1-2H2;3-12H,1-2H2;2*3-10H,1-2H2. The number of benzene rings is 20. The maximum absolute atomic E-state index is 3.88. The first kappa shape index (κ1) is 82.7. The highest BCUT2D eigenvalue weighted by atomic mass is 14.2. The van der Waals surface area contributed by atoms with E-state index in [0.717, 1.165) is 66.8 Å². The molecule has 122 heavy (non-hydrogen) atoms. The van der Waals surface area contributed by atoms with Gasteiger partial charge in [-0.05, 0) is 340 Å². The molecule has 20 rings (SSSR count). The van der Waals surface area contributed by atoms with Crippen LogP contribution in [0.4, 0.5) is 0 Å². The van der Waals surface area contributed by atoms with Crippen molar-refractivity contribution in [3.8, 4) is 11.1 Å². The molecule has 0 spiro atoms. The lowest BCUT2D eigenvalue weighted by atomic mass is 9.91. The van der Waals surface area contributed by atoms with E-state index in [0.29, 0.717) is 0 Å². The van der Waals surface area contributed by atoms with Crippen LogP contribution in [0.1, 0.15) is 77.9 Å². The first-order valence-electron chi connectivity index (χ1n) is 40.8. The van der Waals surface area contributed by atoms with Crippen LogP contribution in [0.25, 0.3) is 225 Å². The number of fused-ring (bicyclic) bond motifs is 10. The average molecular weight is 1560 g/mol. The lowest BCUT2D eigenvalue weighted by molar-refractivity contribution is 1.59. The first-order valence-corrected chi connectivity index (χ1v) is 40.8. The second-order valence-electron chi connectivity index (χ2n) is 30.0. The van der Waals surface area contributed by atoms with E-state index in [2.05, 4.69) is 420 Å². The Morgan fingerprint density at radius 1 is 0.107 bits per heavy atom. The maximum Gasteiger partial charge on any atom is -0.00264 e. The third-order valence-corrected chi connectivity index (χ3v) is 22.3. The van der Waals surface area contributed by atoms with E-state index in [4.69, 9.17) is 0 Å². The van der Waals surface area contributed by atoms with Crippen molar-refractivity contribution < 1.29 is 0 Å². The van der Waals surface area contributed by atoms with E-state index < -0.39 is 0 Å². The highest BCUT2D eigenvalue weighted by molar-refractivity contribution is 6.24. The van der Waals surface area contributed by atoms with Crippen LogP contribution in [0.3, 0.4) is 0 Å². The van der Waals surface area contributed by atoms with Gasteiger partial charge in [-0.25, -0.2) is 0 Å². The second kappa shape index (κ2) is 38.5. The third kappa shape index (κ3) is 19.1. The van der Waals surface area contributed by atoms with Crippen LogP contribution in [0.2, 0.25) is 0 Å². The summed E-state index contributed by atoms with van der Waals surface area (Å²) in [5.74, 6) is 0. The molecule has 0 fully saturated rings. The molecule has 0 saturated heterocycles. The molecule has 0 N–H and O–H groups in total. The van der Waals surface area contributed by atoms with E-state index in [1.54, 1.807) is 0 Å². The van der Waals surface area contributed by atoms with Gasteiger partial charge in [-0.1, -0.05) is 383 Å². The Morgan fingerprint density at radius 2 is 0.254 bits per heavy atom. The summed E-state index contributed by atoms with van der Waals surface area (Å²) in [7, 11) is 0. The molecule has 0 aliphatic rings. The Labute approximate surface area is 718 Å². The van der Waals surface area contributed by atoms with Gasteiger partial charge < -0.3 is 0 Å². The lowest BCUT2D eigenvalue weighted by Gasteiger charge is -2.12. The fourth-order valence-corrected chi connectivity index (χ4v) is 15.5. The van der Waals surface area contributed by atoms with Gasteiger partial charge in [0.2, 0.25) is 0 Å². The molecule has 0 heterocycles. The van der Waals surface area contributed by atoms with Gasteiger partial charge in [0.25, 0.3) is 0 Å². The van der Waals surface area contributed by atoms with Crippen LogP contribution in [-0.4, -0.2) is 0 Å². The monoisotopic (exact) mass is 1560 g/mol. The van der Waals surface area contributed by atoms with E-state index in [9.17, 15) is 0 Å². The Hall–Kier alpha value is -15.9. The molecule has 0 nitrogen and oxygen atoms in total. The van der Waals surface area contributed by atoms with Crippen molar-refractivity contribution >= 4 is 214 Å². The van der Waals surface area contributed by atoms with Gasteiger partial charge in [-0.3, -0.25) is 0 Å². The second-order valence-corrected chi connectivity index (χ2v) is 30.0. The number of rotatable bonds is 15. The van der Waals surface area contributed by atoms with Crippen molar-refractivity contribution in [3.63, 3.8) is 0 Å². The van der Waals surface area contributed by atoms with Crippen LogP contribution >= 0.6 is 0 Å². The smallest absolute Gasteiger partial charge is 0.00264 e. The minimum atomic E-state index is 1.14. The van der Waals surface area contributed by atoms with E-state index in [1.165, 1.54) is 152 Å². The molecule has 0 amide bonds. The highest BCUT2D eigenvalue weighted by Crippen LogP contribution is 2.38. The zero-order valence-electron chi connectivity index (χ0n) is 69.2. The third-order valence-electron chi connectivity index (χ3n) is 22.3. The molecule has 0 aliphatic heterocycles. The van der Waals surface area contributed by atoms with Crippen LogP contribution in [0.5, 0.6) is 0 Å². The molecular formula is C122H96. The molecule has 0 unspecified atom stereocenters. The maximum atomic E-state index is 3.88. The van der Waals surface area contributed by atoms with E-state index in [-0.39, 0.29) is 0 Å². The molecular weight excluding hydrogens is 1470 g/mol. The van der Waals surface area contributed by atoms with Crippen molar-refractivity contribution in [1.29, 1.82) is 0 Å². The molecule has 0 aliphatic carbocycles. The SMILES string of the molecule is C=Cc1cc2ccc3cc(C=C)cc4ccc(c1)c2c34.C=Cc1ccc(-c2ccc(C=C)cc2)cc1.C=Cc1ccc2c(ccc3cc(C=C)ccc32)c1.C=Cc1ccc2cc(C=C)ccc2c1.C=Cc1ccc2cc3cc(C=C)ccc3cc2c1.C=Cc1ccc2cc3cc4cc(C=C)ccc4cc3cc2c1.C=Cc1ccc2ccc(C=C)cc2c1. The number of hydrogen-bond donors (Lipinski definition) is 0. The van der Waals surface area contributed by atoms with Crippen molar-refractivity contribution in [2.75, 3.05) is 0 Å². The zero-order chi connectivity index (χ0) is 85.2. The van der Waals surface area contributed by atoms with Gasteiger partial charge in [-0.15, -0.1) is 0 Å². The fraction of sp³-hybridized carbons (Fsp3) is 0. The molecule has 0 heteroatoms. The number of hydrogen-bond acceptors (Lipinski definition) is 0. The van der Waals surface area contributed by atoms with Crippen LogP contribution in [-0.2, 0) is 0 Å². The Kier molecular flexibility index (Phi) is 26.1. The first-order chi connectivity index (χ1) is 59.7. The zero-order valence-corrected chi connectivity index (χ0v) is 69.2. The summed E-state index contributed by atoms with van der Waals surface area (Å²) in [5, 5.41) is 30.5. The summed E-state index contributed by atoms with van der Waals surface area (Å²) >= 11 is 0. The molecule has 584 valence electrons. The van der Waals surface area contributed by atoms with Crippen LogP contribution in [0, 0.1) is 0 Å². The van der Waals surface area contributed by atoms with Crippen LogP contribution < -0.4 is 0 Å². The highest BCUT2D eigenvalue weighted by Gasteiger charge is 2.11. The van der Waals surface area contributed by atoms with Gasteiger partial charge >= 0.3 is 0 Å². The average Bonchev–Trinajstić information content (AvgIpc) is 0.736. The summed E-state index contributed by atoms with van der Waals surface area (Å²) in [6.45, 7) is 53.2. The van der Waals surface area contributed by atoms with Gasteiger partial charge in [0.1, 0.15) is 0 Å². The summed E-state index contributed by atoms with van der Waals surface area (Å²) in [5.41, 5.74) is 18.6. The minimum Gasteiger partial charge on any atom is -0.0985 e. The van der Waals surface area contributed by atoms with Crippen molar-refractivity contribution in [2.45, 2.75) is 0 Å². The minimum absolute atomic E-state index is 1.14. The van der Waals surface area contributed by atoms with Crippen molar-refractivity contribution in [3.05, 3.63) is 498 Å². The summed E-state index contributed by atoms with van der Waals surface area (Å²) < 4.78 is 0. The normalized spacial score (nSPS) is 10.6. The lowest BCUT2D eigenvalue weighted by Crippen LogP contribution is -1.86. The Bertz CT molecular complexity index is 6970. The van der Waals surface area contributed by atoms with Gasteiger partial charge in [-0.2, -0.15) is 0 Å². The van der Waals surface area contributed by atoms with Crippen molar-refractivity contribution in [1.82, 2.24) is 0 Å². The van der Waals surface area contributed by atoms with Crippen molar-refractivity contribution in [2.24, 2.45) is 0 Å². The Morgan fingerprint density at radius 3 is 0.492 bits per heavy atom. The van der Waals surface area contributed by atoms with Gasteiger partial charge in [0.15, 0.2) is 0 Å². The molecule has 0 aromatic heterocycles. The Balaban J connectivity index is 0.000000117. The predicted molar refractivity (Wildman–Crippen MR) is 553 cm³/mol. The molecule has 0 saturated carbocycles. The molecule has 20 aromatic rings. The van der Waals surface area contributed by atoms with E-state index in [1.807, 2.05) is 85.1 Å².